The number of hydrogen-bond acceptors (Lipinski definition) is 3. The maximum atomic E-state index is 12.8. The van der Waals surface area contributed by atoms with Crippen LogP contribution in [0, 0.1) is 0 Å². The van der Waals surface area contributed by atoms with E-state index in [4.69, 9.17) is 10.5 Å². The highest BCUT2D eigenvalue weighted by Crippen LogP contribution is 2.23. The van der Waals surface area contributed by atoms with Gasteiger partial charge in [0, 0.05) is 19.1 Å². The van der Waals surface area contributed by atoms with Crippen LogP contribution >= 0.6 is 0 Å². The summed E-state index contributed by atoms with van der Waals surface area (Å²) in [5, 5.41) is 0. The topological polar surface area (TPSA) is 55.6 Å². The van der Waals surface area contributed by atoms with Gasteiger partial charge in [-0.3, -0.25) is 4.79 Å². The highest BCUT2D eigenvalue weighted by Gasteiger charge is 2.34. The van der Waals surface area contributed by atoms with Crippen LogP contribution in [0.15, 0.2) is 30.3 Å². The Morgan fingerprint density at radius 3 is 2.67 bits per heavy atom. The van der Waals surface area contributed by atoms with Crippen LogP contribution < -0.4 is 5.73 Å². The van der Waals surface area contributed by atoms with Crippen molar-refractivity contribution in [2.45, 2.75) is 57.9 Å². The Kier molecular flexibility index (Phi) is 5.76. The lowest BCUT2D eigenvalue weighted by molar-refractivity contribution is -0.145. The Hall–Kier alpha value is -1.39. The summed E-state index contributed by atoms with van der Waals surface area (Å²) >= 11 is 0. The van der Waals surface area contributed by atoms with Crippen molar-refractivity contribution in [3.05, 3.63) is 35.9 Å². The van der Waals surface area contributed by atoms with Gasteiger partial charge in [-0.05, 0) is 31.7 Å². The van der Waals surface area contributed by atoms with Gasteiger partial charge in [-0.2, -0.15) is 0 Å². The summed E-state index contributed by atoms with van der Waals surface area (Å²) < 4.78 is 5.77. The third-order valence-electron chi connectivity index (χ3n) is 4.25. The van der Waals surface area contributed by atoms with Crippen LogP contribution in [0.4, 0.5) is 0 Å². The first-order chi connectivity index (χ1) is 10.2. The minimum absolute atomic E-state index is 0.0365. The van der Waals surface area contributed by atoms with Crippen molar-refractivity contribution >= 4 is 5.91 Å². The summed E-state index contributed by atoms with van der Waals surface area (Å²) in [5.74, 6) is 0.101. The lowest BCUT2D eigenvalue weighted by atomic mass is 10.1. The summed E-state index contributed by atoms with van der Waals surface area (Å²) in [6.45, 7) is 5.33. The quantitative estimate of drug-likeness (QED) is 0.875. The Morgan fingerprint density at radius 2 is 2.10 bits per heavy atom. The summed E-state index contributed by atoms with van der Waals surface area (Å²) in [6.07, 6.45) is 2.31. The van der Waals surface area contributed by atoms with E-state index in [9.17, 15) is 4.79 Å². The van der Waals surface area contributed by atoms with Crippen molar-refractivity contribution in [1.29, 1.82) is 0 Å². The molecule has 1 fully saturated rings. The standard InChI is InChI=1S/C17H26N2O2/c1-3-13(2)19(12-14-7-5-4-6-8-14)17(20)16-10-9-15(11-18)21-16/h4-8,13,15-16H,3,9-12,18H2,1-2H3/t13?,15-,16+/m1/s1. The van der Waals surface area contributed by atoms with Gasteiger partial charge in [-0.1, -0.05) is 37.3 Å². The molecule has 1 aromatic rings. The number of nitrogens with two attached hydrogens (primary N) is 1. The first-order valence-electron chi connectivity index (χ1n) is 7.85. The van der Waals surface area contributed by atoms with E-state index >= 15 is 0 Å². The van der Waals surface area contributed by atoms with E-state index in [2.05, 4.69) is 26.0 Å². The van der Waals surface area contributed by atoms with E-state index in [1.54, 1.807) is 0 Å². The van der Waals surface area contributed by atoms with Gasteiger partial charge in [0.25, 0.3) is 5.91 Å². The number of amides is 1. The normalized spacial score (nSPS) is 23.0. The van der Waals surface area contributed by atoms with E-state index in [-0.39, 0.29) is 24.2 Å². The van der Waals surface area contributed by atoms with Crippen molar-refractivity contribution in [2.24, 2.45) is 5.73 Å². The van der Waals surface area contributed by atoms with Gasteiger partial charge < -0.3 is 15.4 Å². The van der Waals surface area contributed by atoms with Crippen LogP contribution in [0.5, 0.6) is 0 Å². The van der Waals surface area contributed by atoms with Crippen molar-refractivity contribution in [1.82, 2.24) is 4.90 Å². The maximum absolute atomic E-state index is 12.8. The molecule has 0 aliphatic carbocycles. The molecule has 2 rings (SSSR count). The molecule has 4 heteroatoms. The van der Waals surface area contributed by atoms with E-state index in [1.165, 1.54) is 0 Å². The number of benzene rings is 1. The molecule has 1 aliphatic heterocycles. The Balaban J connectivity index is 2.07. The van der Waals surface area contributed by atoms with E-state index in [0.717, 1.165) is 24.8 Å². The average Bonchev–Trinajstić information content (AvgIpc) is 3.01. The molecule has 116 valence electrons. The van der Waals surface area contributed by atoms with Crippen LogP contribution in [0.3, 0.4) is 0 Å². The third kappa shape index (κ3) is 4.05. The predicted molar refractivity (Wildman–Crippen MR) is 83.7 cm³/mol. The summed E-state index contributed by atoms with van der Waals surface area (Å²) in [4.78, 5) is 14.7. The first kappa shape index (κ1) is 16.0. The SMILES string of the molecule is CCC(C)N(Cc1ccccc1)C(=O)[C@@H]1CC[C@H](CN)O1. The number of carbonyl (C=O) groups is 1. The van der Waals surface area contributed by atoms with Crippen molar-refractivity contribution in [2.75, 3.05) is 6.54 Å². The molecule has 3 atom stereocenters. The minimum Gasteiger partial charge on any atom is -0.364 e. The molecule has 0 saturated carbocycles. The van der Waals surface area contributed by atoms with Crippen LogP contribution in [0.2, 0.25) is 0 Å². The second-order valence-corrected chi connectivity index (χ2v) is 5.77. The molecule has 0 radical (unpaired) electrons. The van der Waals surface area contributed by atoms with Crippen LogP contribution in [-0.4, -0.2) is 35.6 Å². The molecule has 1 aliphatic rings. The molecule has 21 heavy (non-hydrogen) atoms. The molecule has 1 aromatic carbocycles. The second kappa shape index (κ2) is 7.57. The zero-order valence-electron chi connectivity index (χ0n) is 13.0. The Morgan fingerprint density at radius 1 is 1.38 bits per heavy atom. The monoisotopic (exact) mass is 290 g/mol. The third-order valence-corrected chi connectivity index (χ3v) is 4.25. The summed E-state index contributed by atoms with van der Waals surface area (Å²) in [6, 6.07) is 10.3. The highest BCUT2D eigenvalue weighted by atomic mass is 16.5. The van der Waals surface area contributed by atoms with Crippen molar-refractivity contribution in [3.8, 4) is 0 Å². The molecular weight excluding hydrogens is 264 g/mol. The van der Waals surface area contributed by atoms with Gasteiger partial charge in [0.15, 0.2) is 0 Å². The van der Waals surface area contributed by atoms with E-state index < -0.39 is 0 Å². The molecule has 2 N–H and O–H groups in total. The average molecular weight is 290 g/mol. The zero-order chi connectivity index (χ0) is 15.2. The summed E-state index contributed by atoms with van der Waals surface area (Å²) in [5.41, 5.74) is 6.78. The number of rotatable bonds is 6. The number of carbonyl (C=O) groups excluding carboxylic acids is 1. The minimum atomic E-state index is -0.323. The van der Waals surface area contributed by atoms with Gasteiger partial charge in [-0.15, -0.1) is 0 Å². The molecule has 4 nitrogen and oxygen atoms in total. The fraction of sp³-hybridized carbons (Fsp3) is 0.588. The maximum Gasteiger partial charge on any atom is 0.252 e. The lowest BCUT2D eigenvalue weighted by Gasteiger charge is -2.31. The van der Waals surface area contributed by atoms with Gasteiger partial charge in [0.1, 0.15) is 6.10 Å². The van der Waals surface area contributed by atoms with E-state index in [1.807, 2.05) is 23.1 Å². The predicted octanol–water partition coefficient (Wildman–Crippen LogP) is 2.32. The fourth-order valence-corrected chi connectivity index (χ4v) is 2.70. The van der Waals surface area contributed by atoms with Gasteiger partial charge in [-0.25, -0.2) is 0 Å². The van der Waals surface area contributed by atoms with Gasteiger partial charge in [0.2, 0.25) is 0 Å². The molecule has 1 saturated heterocycles. The second-order valence-electron chi connectivity index (χ2n) is 5.77. The van der Waals surface area contributed by atoms with E-state index in [0.29, 0.717) is 13.1 Å². The lowest BCUT2D eigenvalue weighted by Crippen LogP contribution is -2.44. The Labute approximate surface area is 127 Å². The summed E-state index contributed by atoms with van der Waals surface area (Å²) in [7, 11) is 0. The number of ether oxygens (including phenoxy) is 1. The largest absolute Gasteiger partial charge is 0.364 e. The molecule has 0 spiro atoms. The smallest absolute Gasteiger partial charge is 0.252 e. The van der Waals surface area contributed by atoms with Crippen LogP contribution in [0.25, 0.3) is 0 Å². The molecular formula is C17H26N2O2. The molecule has 1 amide bonds. The number of nitrogens with zero attached hydrogens (tertiary/aromatic N) is 1. The molecule has 0 bridgehead atoms. The number of hydrogen-bond donors (Lipinski definition) is 1. The Bertz CT molecular complexity index is 449. The van der Waals surface area contributed by atoms with Crippen LogP contribution in [0.1, 0.15) is 38.7 Å². The van der Waals surface area contributed by atoms with Crippen molar-refractivity contribution < 1.29 is 9.53 Å². The molecule has 1 unspecified atom stereocenters. The van der Waals surface area contributed by atoms with Gasteiger partial charge >= 0.3 is 0 Å². The highest BCUT2D eigenvalue weighted by molar-refractivity contribution is 5.81. The van der Waals surface area contributed by atoms with Crippen LogP contribution in [-0.2, 0) is 16.1 Å². The molecule has 0 aromatic heterocycles. The van der Waals surface area contributed by atoms with Gasteiger partial charge in [0.05, 0.1) is 6.10 Å². The van der Waals surface area contributed by atoms with Crippen molar-refractivity contribution in [3.63, 3.8) is 0 Å². The molecule has 1 heterocycles. The fourth-order valence-electron chi connectivity index (χ4n) is 2.70. The first-order valence-corrected chi connectivity index (χ1v) is 7.85. The zero-order valence-corrected chi connectivity index (χ0v) is 13.0.